The average molecular weight is 271 g/mol. The topological polar surface area (TPSA) is 60.0 Å². The monoisotopic (exact) mass is 271 g/mol. The van der Waals surface area contributed by atoms with Crippen molar-refractivity contribution in [1.29, 1.82) is 0 Å². The lowest BCUT2D eigenvalue weighted by Crippen LogP contribution is -2.31. The van der Waals surface area contributed by atoms with Gasteiger partial charge in [0.2, 0.25) is 0 Å². The predicted octanol–water partition coefficient (Wildman–Crippen LogP) is 1.87. The van der Waals surface area contributed by atoms with Crippen LogP contribution in [0.15, 0.2) is 31.0 Å². The van der Waals surface area contributed by atoms with E-state index in [1.807, 2.05) is 24.8 Å². The van der Waals surface area contributed by atoms with Crippen LogP contribution in [0.25, 0.3) is 11.3 Å². The number of nitrogens with two attached hydrogens (primary N) is 1. The van der Waals surface area contributed by atoms with Crippen molar-refractivity contribution in [2.75, 3.05) is 25.9 Å². The number of piperidine rings is 1. The normalized spacial score (nSPS) is 17.4. The molecule has 2 aromatic heterocycles. The van der Waals surface area contributed by atoms with Crippen molar-refractivity contribution < 1.29 is 0 Å². The minimum absolute atomic E-state index is 0.719. The molecular formula is C15H21N5. The molecule has 5 heteroatoms. The van der Waals surface area contributed by atoms with E-state index >= 15 is 0 Å². The molecule has 0 radical (unpaired) electrons. The summed E-state index contributed by atoms with van der Waals surface area (Å²) in [7, 11) is 2.19. The Kier molecular flexibility index (Phi) is 3.69. The molecular weight excluding hydrogens is 250 g/mol. The van der Waals surface area contributed by atoms with Gasteiger partial charge in [-0.2, -0.15) is 0 Å². The standard InChI is InChI=1S/C15H21N5/c1-19-6-3-12(4-7-19)10-20-11-18-9-15(20)13-8-17-5-2-14(13)16/h2,5,8-9,11-12H,3-4,6-7,10H2,1H3,(H2,16,17). The SMILES string of the molecule is CN1CCC(Cn2cncc2-c2cnccc2N)CC1. The molecule has 0 amide bonds. The summed E-state index contributed by atoms with van der Waals surface area (Å²) >= 11 is 0. The molecule has 2 aromatic rings. The lowest BCUT2D eigenvalue weighted by Gasteiger charge is -2.29. The van der Waals surface area contributed by atoms with Crippen LogP contribution in [-0.4, -0.2) is 39.6 Å². The van der Waals surface area contributed by atoms with Crippen LogP contribution in [0, 0.1) is 5.92 Å². The molecule has 0 unspecified atom stereocenters. The van der Waals surface area contributed by atoms with E-state index in [2.05, 4.69) is 26.5 Å². The summed E-state index contributed by atoms with van der Waals surface area (Å²) in [6.45, 7) is 3.38. The number of hydrogen-bond acceptors (Lipinski definition) is 4. The van der Waals surface area contributed by atoms with Crippen molar-refractivity contribution in [3.05, 3.63) is 31.0 Å². The molecule has 5 nitrogen and oxygen atoms in total. The van der Waals surface area contributed by atoms with Crippen LogP contribution in [0.1, 0.15) is 12.8 Å². The third-order valence-electron chi connectivity index (χ3n) is 4.14. The van der Waals surface area contributed by atoms with E-state index in [1.165, 1.54) is 25.9 Å². The fourth-order valence-corrected chi connectivity index (χ4v) is 2.83. The Labute approximate surface area is 119 Å². The van der Waals surface area contributed by atoms with Gasteiger partial charge in [-0.15, -0.1) is 0 Å². The first-order valence-electron chi connectivity index (χ1n) is 7.12. The summed E-state index contributed by atoms with van der Waals surface area (Å²) in [6, 6.07) is 1.84. The molecule has 0 spiro atoms. The maximum absolute atomic E-state index is 6.04. The Morgan fingerprint density at radius 3 is 2.80 bits per heavy atom. The molecule has 0 aromatic carbocycles. The van der Waals surface area contributed by atoms with Gasteiger partial charge in [0.05, 0.1) is 18.2 Å². The molecule has 1 aliphatic heterocycles. The quantitative estimate of drug-likeness (QED) is 0.926. The van der Waals surface area contributed by atoms with Crippen LogP contribution < -0.4 is 5.73 Å². The van der Waals surface area contributed by atoms with E-state index in [4.69, 9.17) is 5.73 Å². The fourth-order valence-electron chi connectivity index (χ4n) is 2.83. The van der Waals surface area contributed by atoms with E-state index in [0.717, 1.165) is 29.4 Å². The smallest absolute Gasteiger partial charge is 0.0951 e. The maximum Gasteiger partial charge on any atom is 0.0951 e. The molecule has 20 heavy (non-hydrogen) atoms. The number of nitrogen functional groups attached to an aromatic ring is 1. The van der Waals surface area contributed by atoms with Crippen molar-refractivity contribution in [1.82, 2.24) is 19.4 Å². The zero-order valence-corrected chi connectivity index (χ0v) is 11.9. The highest BCUT2D eigenvalue weighted by molar-refractivity contribution is 5.72. The van der Waals surface area contributed by atoms with Crippen LogP contribution in [0.2, 0.25) is 0 Å². The number of hydrogen-bond donors (Lipinski definition) is 1. The Bertz CT molecular complexity index is 569. The molecule has 0 aliphatic carbocycles. The number of pyridine rings is 1. The van der Waals surface area contributed by atoms with E-state index in [1.54, 1.807) is 6.20 Å². The molecule has 106 valence electrons. The number of imidazole rings is 1. The first-order chi connectivity index (χ1) is 9.74. The van der Waals surface area contributed by atoms with Gasteiger partial charge in [0.25, 0.3) is 0 Å². The predicted molar refractivity (Wildman–Crippen MR) is 80.1 cm³/mol. The lowest BCUT2D eigenvalue weighted by atomic mass is 9.97. The zero-order valence-electron chi connectivity index (χ0n) is 11.9. The Morgan fingerprint density at radius 2 is 2.05 bits per heavy atom. The zero-order chi connectivity index (χ0) is 13.9. The summed E-state index contributed by atoms with van der Waals surface area (Å²) in [5, 5.41) is 0. The van der Waals surface area contributed by atoms with E-state index in [0.29, 0.717) is 0 Å². The van der Waals surface area contributed by atoms with Crippen molar-refractivity contribution in [3.63, 3.8) is 0 Å². The third-order valence-corrected chi connectivity index (χ3v) is 4.14. The van der Waals surface area contributed by atoms with Gasteiger partial charge in [0.15, 0.2) is 0 Å². The van der Waals surface area contributed by atoms with Crippen molar-refractivity contribution in [2.45, 2.75) is 19.4 Å². The Hall–Kier alpha value is -1.88. The van der Waals surface area contributed by atoms with Gasteiger partial charge in [0.1, 0.15) is 0 Å². The highest BCUT2D eigenvalue weighted by atomic mass is 15.1. The number of aromatic nitrogens is 3. The summed E-state index contributed by atoms with van der Waals surface area (Å²) in [5.74, 6) is 0.719. The lowest BCUT2D eigenvalue weighted by molar-refractivity contribution is 0.205. The largest absolute Gasteiger partial charge is 0.398 e. The Morgan fingerprint density at radius 1 is 1.25 bits per heavy atom. The summed E-state index contributed by atoms with van der Waals surface area (Å²) < 4.78 is 2.21. The van der Waals surface area contributed by atoms with Gasteiger partial charge < -0.3 is 15.2 Å². The van der Waals surface area contributed by atoms with Gasteiger partial charge >= 0.3 is 0 Å². The van der Waals surface area contributed by atoms with Crippen molar-refractivity contribution >= 4 is 5.69 Å². The van der Waals surface area contributed by atoms with E-state index < -0.39 is 0 Å². The minimum atomic E-state index is 0.719. The summed E-state index contributed by atoms with van der Waals surface area (Å²) in [6.07, 6.45) is 9.81. The number of rotatable bonds is 3. The molecule has 1 aliphatic rings. The maximum atomic E-state index is 6.04. The number of anilines is 1. The van der Waals surface area contributed by atoms with Gasteiger partial charge in [-0.3, -0.25) is 4.98 Å². The van der Waals surface area contributed by atoms with Crippen LogP contribution in [0.4, 0.5) is 5.69 Å². The molecule has 1 fully saturated rings. The van der Waals surface area contributed by atoms with Gasteiger partial charge in [-0.1, -0.05) is 0 Å². The van der Waals surface area contributed by atoms with Crippen LogP contribution in [0.5, 0.6) is 0 Å². The van der Waals surface area contributed by atoms with Crippen molar-refractivity contribution in [3.8, 4) is 11.3 Å². The summed E-state index contributed by atoms with van der Waals surface area (Å²) in [4.78, 5) is 10.9. The van der Waals surface area contributed by atoms with Gasteiger partial charge in [-0.25, -0.2) is 4.98 Å². The van der Waals surface area contributed by atoms with E-state index in [9.17, 15) is 0 Å². The molecule has 3 rings (SSSR count). The number of likely N-dealkylation sites (tertiary alicyclic amines) is 1. The second-order valence-corrected chi connectivity index (χ2v) is 5.64. The van der Waals surface area contributed by atoms with Crippen LogP contribution in [0.3, 0.4) is 0 Å². The van der Waals surface area contributed by atoms with Gasteiger partial charge in [-0.05, 0) is 45.0 Å². The first-order valence-corrected chi connectivity index (χ1v) is 7.12. The highest BCUT2D eigenvalue weighted by Gasteiger charge is 2.18. The third kappa shape index (κ3) is 2.67. The summed E-state index contributed by atoms with van der Waals surface area (Å²) in [5.41, 5.74) is 8.83. The van der Waals surface area contributed by atoms with E-state index in [-0.39, 0.29) is 0 Å². The highest BCUT2D eigenvalue weighted by Crippen LogP contribution is 2.26. The van der Waals surface area contributed by atoms with Crippen molar-refractivity contribution in [2.24, 2.45) is 5.92 Å². The molecule has 0 atom stereocenters. The van der Waals surface area contributed by atoms with Crippen LogP contribution >= 0.6 is 0 Å². The molecule has 0 bridgehead atoms. The second-order valence-electron chi connectivity index (χ2n) is 5.64. The molecule has 0 saturated carbocycles. The molecule has 2 N–H and O–H groups in total. The van der Waals surface area contributed by atoms with Gasteiger partial charge in [0, 0.05) is 30.2 Å². The Balaban J connectivity index is 1.79. The fraction of sp³-hybridized carbons (Fsp3) is 0.467. The first kappa shape index (κ1) is 13.1. The number of nitrogens with zero attached hydrogens (tertiary/aromatic N) is 4. The molecule has 1 saturated heterocycles. The molecule has 3 heterocycles. The average Bonchev–Trinajstić information content (AvgIpc) is 2.90. The second kappa shape index (κ2) is 5.63. The van der Waals surface area contributed by atoms with Crippen LogP contribution in [-0.2, 0) is 6.54 Å². The minimum Gasteiger partial charge on any atom is -0.398 e.